The van der Waals surface area contributed by atoms with E-state index < -0.39 is 10.0 Å². The number of hydrogen-bond acceptors (Lipinski definition) is 7. The lowest BCUT2D eigenvalue weighted by Crippen LogP contribution is -2.40. The standard InChI is InChI=1S/C22H33N5O4S/c1-18-22(19(2)31-24-18)32(29,30)27-14-8-13-26(15-16-27)17-21(28)23-11-7-12-25(3)20-9-5-4-6-10-20/h4-6,9-10H,7-8,11-17H2,1-3H3,(H,23,28). The molecule has 1 aliphatic rings. The van der Waals surface area contributed by atoms with Crippen molar-refractivity contribution < 1.29 is 17.7 Å². The van der Waals surface area contributed by atoms with E-state index in [4.69, 9.17) is 4.52 Å². The van der Waals surface area contributed by atoms with E-state index in [1.54, 1.807) is 13.8 Å². The van der Waals surface area contributed by atoms with Crippen LogP contribution in [0.2, 0.25) is 0 Å². The average Bonchev–Trinajstić information content (AvgIpc) is 2.96. The summed E-state index contributed by atoms with van der Waals surface area (Å²) in [6.45, 7) is 6.91. The van der Waals surface area contributed by atoms with Crippen molar-refractivity contribution in [2.75, 3.05) is 57.8 Å². The molecule has 2 heterocycles. The first-order valence-electron chi connectivity index (χ1n) is 11.0. The first-order valence-corrected chi connectivity index (χ1v) is 12.4. The van der Waals surface area contributed by atoms with Crippen LogP contribution in [0.15, 0.2) is 39.8 Å². The van der Waals surface area contributed by atoms with Gasteiger partial charge in [0.1, 0.15) is 10.6 Å². The van der Waals surface area contributed by atoms with E-state index in [9.17, 15) is 13.2 Å². The Balaban J connectivity index is 1.42. The van der Waals surface area contributed by atoms with Crippen molar-refractivity contribution >= 4 is 21.6 Å². The molecule has 2 aromatic rings. The number of hydrogen-bond donors (Lipinski definition) is 1. The van der Waals surface area contributed by atoms with E-state index in [1.165, 1.54) is 4.31 Å². The molecule has 9 nitrogen and oxygen atoms in total. The lowest BCUT2D eigenvalue weighted by Gasteiger charge is -2.21. The second-order valence-electron chi connectivity index (χ2n) is 8.15. The van der Waals surface area contributed by atoms with E-state index in [1.807, 2.05) is 30.1 Å². The van der Waals surface area contributed by atoms with Gasteiger partial charge in [0, 0.05) is 45.5 Å². The van der Waals surface area contributed by atoms with Gasteiger partial charge in [0.05, 0.1) is 6.54 Å². The molecule has 3 rings (SSSR count). The number of aromatic nitrogens is 1. The van der Waals surface area contributed by atoms with Crippen LogP contribution in [0.3, 0.4) is 0 Å². The number of amides is 1. The molecule has 0 atom stereocenters. The Labute approximate surface area is 190 Å². The number of nitrogens with one attached hydrogen (secondary N) is 1. The number of benzene rings is 1. The summed E-state index contributed by atoms with van der Waals surface area (Å²) in [5.74, 6) is 0.273. The molecule has 1 saturated heterocycles. The Bertz CT molecular complexity index is 974. The van der Waals surface area contributed by atoms with E-state index in [2.05, 4.69) is 27.5 Å². The fraction of sp³-hybridized carbons (Fsp3) is 0.545. The van der Waals surface area contributed by atoms with Gasteiger partial charge in [0.25, 0.3) is 0 Å². The van der Waals surface area contributed by atoms with Gasteiger partial charge in [-0.3, -0.25) is 9.69 Å². The highest BCUT2D eigenvalue weighted by molar-refractivity contribution is 7.89. The summed E-state index contributed by atoms with van der Waals surface area (Å²) in [7, 11) is -1.62. The summed E-state index contributed by atoms with van der Waals surface area (Å²) in [6, 6.07) is 10.1. The first-order chi connectivity index (χ1) is 15.3. The number of para-hydroxylation sites is 1. The lowest BCUT2D eigenvalue weighted by atomic mass is 10.3. The summed E-state index contributed by atoms with van der Waals surface area (Å²) in [6.07, 6.45) is 1.51. The molecular weight excluding hydrogens is 430 g/mol. The Morgan fingerprint density at radius 3 is 2.59 bits per heavy atom. The molecular formula is C22H33N5O4S. The van der Waals surface area contributed by atoms with Gasteiger partial charge >= 0.3 is 0 Å². The minimum atomic E-state index is -3.66. The molecule has 1 fully saturated rings. The van der Waals surface area contributed by atoms with Gasteiger partial charge in [-0.05, 0) is 45.4 Å². The van der Waals surface area contributed by atoms with Gasteiger partial charge in [-0.15, -0.1) is 0 Å². The molecule has 10 heteroatoms. The van der Waals surface area contributed by atoms with E-state index in [0.29, 0.717) is 50.6 Å². The van der Waals surface area contributed by atoms with Gasteiger partial charge in [0.2, 0.25) is 15.9 Å². The zero-order valence-electron chi connectivity index (χ0n) is 19.1. The van der Waals surface area contributed by atoms with Gasteiger partial charge in [-0.1, -0.05) is 23.4 Å². The van der Waals surface area contributed by atoms with E-state index in [0.717, 1.165) is 18.7 Å². The van der Waals surface area contributed by atoms with Crippen molar-refractivity contribution in [2.45, 2.75) is 31.6 Å². The zero-order chi connectivity index (χ0) is 23.1. The molecule has 0 bridgehead atoms. The molecule has 0 unspecified atom stereocenters. The monoisotopic (exact) mass is 463 g/mol. The lowest BCUT2D eigenvalue weighted by molar-refractivity contribution is -0.122. The largest absolute Gasteiger partial charge is 0.375 e. The smallest absolute Gasteiger partial charge is 0.248 e. The normalized spacial score (nSPS) is 16.0. The van der Waals surface area contributed by atoms with Crippen LogP contribution in [0.25, 0.3) is 0 Å². The van der Waals surface area contributed by atoms with Crippen molar-refractivity contribution in [3.8, 4) is 0 Å². The van der Waals surface area contributed by atoms with Gasteiger partial charge < -0.3 is 14.7 Å². The molecule has 1 aliphatic heterocycles. The molecule has 176 valence electrons. The van der Waals surface area contributed by atoms with Crippen LogP contribution in [-0.4, -0.2) is 81.5 Å². The maximum Gasteiger partial charge on any atom is 0.248 e. The molecule has 0 spiro atoms. The summed E-state index contributed by atoms with van der Waals surface area (Å²) in [5, 5.41) is 6.75. The number of anilines is 1. The minimum absolute atomic E-state index is 0.0330. The Morgan fingerprint density at radius 1 is 1.16 bits per heavy atom. The highest BCUT2D eigenvalue weighted by atomic mass is 32.2. The summed E-state index contributed by atoms with van der Waals surface area (Å²) < 4.78 is 32.6. The third-order valence-corrected chi connectivity index (χ3v) is 7.81. The van der Waals surface area contributed by atoms with E-state index >= 15 is 0 Å². The fourth-order valence-electron chi connectivity index (χ4n) is 3.93. The minimum Gasteiger partial charge on any atom is -0.375 e. The first kappa shape index (κ1) is 24.2. The Kier molecular flexibility index (Phi) is 8.27. The predicted octanol–water partition coefficient (Wildman–Crippen LogP) is 1.63. The van der Waals surface area contributed by atoms with E-state index in [-0.39, 0.29) is 17.3 Å². The van der Waals surface area contributed by atoms with Crippen LogP contribution in [0.5, 0.6) is 0 Å². The number of carbonyl (C=O) groups is 1. The predicted molar refractivity (Wildman–Crippen MR) is 123 cm³/mol. The molecule has 0 radical (unpaired) electrons. The van der Waals surface area contributed by atoms with Gasteiger partial charge in [-0.25, -0.2) is 8.42 Å². The number of nitrogens with zero attached hydrogens (tertiary/aromatic N) is 4. The molecule has 1 amide bonds. The van der Waals surface area contributed by atoms with Crippen molar-refractivity contribution in [1.29, 1.82) is 0 Å². The van der Waals surface area contributed by atoms with Crippen LogP contribution in [0.1, 0.15) is 24.3 Å². The van der Waals surface area contributed by atoms with Crippen LogP contribution < -0.4 is 10.2 Å². The Morgan fingerprint density at radius 2 is 1.91 bits per heavy atom. The zero-order valence-corrected chi connectivity index (χ0v) is 19.9. The van der Waals surface area contributed by atoms with Crippen LogP contribution in [-0.2, 0) is 14.8 Å². The molecule has 0 saturated carbocycles. The van der Waals surface area contributed by atoms with Crippen molar-refractivity contribution in [1.82, 2.24) is 19.7 Å². The van der Waals surface area contributed by atoms with Crippen LogP contribution in [0.4, 0.5) is 5.69 Å². The number of sulfonamides is 1. The maximum atomic E-state index is 13.0. The van der Waals surface area contributed by atoms with Crippen molar-refractivity contribution in [3.05, 3.63) is 41.8 Å². The summed E-state index contributed by atoms with van der Waals surface area (Å²) >= 11 is 0. The average molecular weight is 464 g/mol. The van der Waals surface area contributed by atoms with Crippen molar-refractivity contribution in [3.63, 3.8) is 0 Å². The highest BCUT2D eigenvalue weighted by Crippen LogP contribution is 2.24. The molecule has 32 heavy (non-hydrogen) atoms. The second-order valence-corrected chi connectivity index (χ2v) is 10.0. The van der Waals surface area contributed by atoms with Crippen molar-refractivity contribution in [2.24, 2.45) is 0 Å². The van der Waals surface area contributed by atoms with Crippen LogP contribution in [0, 0.1) is 13.8 Å². The third kappa shape index (κ3) is 6.08. The summed E-state index contributed by atoms with van der Waals surface area (Å²) in [4.78, 5) is 16.7. The topological polar surface area (TPSA) is 99.0 Å². The number of aryl methyl sites for hydroxylation is 2. The van der Waals surface area contributed by atoms with Gasteiger partial charge in [-0.2, -0.15) is 4.31 Å². The summed E-state index contributed by atoms with van der Waals surface area (Å²) in [5.41, 5.74) is 1.53. The number of carbonyl (C=O) groups excluding carboxylic acids is 1. The third-order valence-electron chi connectivity index (χ3n) is 5.67. The highest BCUT2D eigenvalue weighted by Gasteiger charge is 2.32. The number of rotatable bonds is 9. The SMILES string of the molecule is Cc1noc(C)c1S(=O)(=O)N1CCCN(CC(=O)NCCCN(C)c2ccccc2)CC1. The maximum absolute atomic E-state index is 13.0. The molecule has 1 aromatic carbocycles. The van der Waals surface area contributed by atoms with Gasteiger partial charge in [0.15, 0.2) is 5.76 Å². The second kappa shape index (κ2) is 10.9. The van der Waals surface area contributed by atoms with Crippen LogP contribution >= 0.6 is 0 Å². The molecule has 1 N–H and O–H groups in total. The Hall–Kier alpha value is -2.43. The quantitative estimate of drug-likeness (QED) is 0.564. The molecule has 0 aliphatic carbocycles. The fourth-order valence-corrected chi connectivity index (χ4v) is 5.69. The molecule has 1 aromatic heterocycles.